The molecule has 76 valence electrons. The van der Waals surface area contributed by atoms with Crippen molar-refractivity contribution < 1.29 is 0 Å². The largest absolute Gasteiger partial charge is 0.120 e. The lowest BCUT2D eigenvalue weighted by atomic mass is 9.90. The van der Waals surface area contributed by atoms with Gasteiger partial charge in [0.1, 0.15) is 0 Å². The first kappa shape index (κ1) is 12.6. The van der Waals surface area contributed by atoms with Crippen LogP contribution in [-0.2, 0) is 0 Å². The molecule has 0 rings (SSSR count). The van der Waals surface area contributed by atoms with Gasteiger partial charge in [0.2, 0.25) is 0 Å². The zero-order valence-electron chi connectivity index (χ0n) is 9.47. The summed E-state index contributed by atoms with van der Waals surface area (Å²) in [5.74, 6) is 4.40. The fourth-order valence-electron chi connectivity index (χ4n) is 1.78. The molecule has 0 spiro atoms. The van der Waals surface area contributed by atoms with E-state index in [9.17, 15) is 0 Å². The Morgan fingerprint density at radius 2 is 1.85 bits per heavy atom. The lowest BCUT2D eigenvalue weighted by molar-refractivity contribution is 0.380. The van der Waals surface area contributed by atoms with Crippen LogP contribution in [0.2, 0.25) is 0 Å². The van der Waals surface area contributed by atoms with E-state index in [1.54, 1.807) is 0 Å². The zero-order chi connectivity index (χ0) is 10.1. The fraction of sp³-hybridized carbons (Fsp3) is 0.846. The van der Waals surface area contributed by atoms with E-state index < -0.39 is 0 Å². The van der Waals surface area contributed by atoms with Gasteiger partial charge in [0, 0.05) is 6.42 Å². The van der Waals surface area contributed by atoms with Crippen molar-refractivity contribution in [2.75, 3.05) is 0 Å². The average molecular weight is 180 g/mol. The highest BCUT2D eigenvalue weighted by Gasteiger charge is 2.07. The molecule has 2 unspecified atom stereocenters. The number of hydrogen-bond acceptors (Lipinski definition) is 0. The second-order valence-corrected chi connectivity index (χ2v) is 4.15. The number of terminal acetylenes is 1. The SMILES string of the molecule is C#CCC(C)CCC(CC)CCC. The van der Waals surface area contributed by atoms with Gasteiger partial charge in [0.25, 0.3) is 0 Å². The Morgan fingerprint density at radius 3 is 2.31 bits per heavy atom. The molecule has 0 heteroatoms. The molecule has 0 saturated heterocycles. The highest BCUT2D eigenvalue weighted by molar-refractivity contribution is 4.85. The topological polar surface area (TPSA) is 0 Å². The molecule has 0 aliphatic heterocycles. The van der Waals surface area contributed by atoms with Crippen LogP contribution in [0, 0.1) is 24.2 Å². The maximum Gasteiger partial charge on any atom is 0.0112 e. The van der Waals surface area contributed by atoms with Gasteiger partial charge in [-0.2, -0.15) is 0 Å². The maximum atomic E-state index is 5.28. The molecule has 0 heterocycles. The van der Waals surface area contributed by atoms with E-state index in [-0.39, 0.29) is 0 Å². The van der Waals surface area contributed by atoms with Crippen LogP contribution in [-0.4, -0.2) is 0 Å². The molecule has 0 aliphatic carbocycles. The second-order valence-electron chi connectivity index (χ2n) is 4.15. The van der Waals surface area contributed by atoms with Crippen LogP contribution in [0.5, 0.6) is 0 Å². The van der Waals surface area contributed by atoms with Gasteiger partial charge in [-0.3, -0.25) is 0 Å². The summed E-state index contributed by atoms with van der Waals surface area (Å²) in [5.41, 5.74) is 0. The van der Waals surface area contributed by atoms with Crippen LogP contribution in [0.15, 0.2) is 0 Å². The summed E-state index contributed by atoms with van der Waals surface area (Å²) >= 11 is 0. The Bertz CT molecular complexity index is 141. The van der Waals surface area contributed by atoms with Crippen LogP contribution in [0.3, 0.4) is 0 Å². The van der Waals surface area contributed by atoms with E-state index >= 15 is 0 Å². The van der Waals surface area contributed by atoms with Gasteiger partial charge in [-0.1, -0.05) is 46.5 Å². The van der Waals surface area contributed by atoms with Crippen LogP contribution in [0.25, 0.3) is 0 Å². The molecule has 13 heavy (non-hydrogen) atoms. The van der Waals surface area contributed by atoms with Crippen molar-refractivity contribution in [1.29, 1.82) is 0 Å². The molecule has 0 N–H and O–H groups in total. The van der Waals surface area contributed by atoms with Crippen molar-refractivity contribution >= 4 is 0 Å². The first-order chi connectivity index (χ1) is 6.24. The molecule has 0 aromatic heterocycles. The smallest absolute Gasteiger partial charge is 0.0112 e. The summed E-state index contributed by atoms with van der Waals surface area (Å²) in [5, 5.41) is 0. The molecule has 0 saturated carbocycles. The van der Waals surface area contributed by atoms with Crippen molar-refractivity contribution in [2.45, 2.75) is 59.3 Å². The summed E-state index contributed by atoms with van der Waals surface area (Å²) < 4.78 is 0. The lowest BCUT2D eigenvalue weighted by Crippen LogP contribution is -2.02. The minimum absolute atomic E-state index is 0.718. The van der Waals surface area contributed by atoms with E-state index in [4.69, 9.17) is 6.42 Å². The molecular formula is C13H24. The van der Waals surface area contributed by atoms with E-state index in [2.05, 4.69) is 26.7 Å². The first-order valence-electron chi connectivity index (χ1n) is 5.68. The third kappa shape index (κ3) is 6.70. The second kappa shape index (κ2) is 8.17. The Hall–Kier alpha value is -0.440. The Labute approximate surface area is 84.1 Å². The van der Waals surface area contributed by atoms with Crippen LogP contribution < -0.4 is 0 Å². The normalized spacial score (nSPS) is 14.9. The Balaban J connectivity index is 3.53. The zero-order valence-corrected chi connectivity index (χ0v) is 9.47. The van der Waals surface area contributed by atoms with E-state index in [0.717, 1.165) is 18.3 Å². The molecule has 0 fully saturated rings. The number of hydrogen-bond donors (Lipinski definition) is 0. The van der Waals surface area contributed by atoms with Crippen molar-refractivity contribution in [2.24, 2.45) is 11.8 Å². The maximum absolute atomic E-state index is 5.28. The van der Waals surface area contributed by atoms with E-state index in [0.29, 0.717) is 0 Å². The van der Waals surface area contributed by atoms with Gasteiger partial charge >= 0.3 is 0 Å². The molecule has 0 radical (unpaired) electrons. The summed E-state index contributed by atoms with van der Waals surface area (Å²) in [6, 6.07) is 0. The average Bonchev–Trinajstić information content (AvgIpc) is 2.12. The molecule has 0 aliphatic rings. The standard InChI is InChI=1S/C13H24/c1-5-8-12(4)10-11-13(7-3)9-6-2/h1,12-13H,6-11H2,2-4H3. The van der Waals surface area contributed by atoms with Gasteiger partial charge in [0.15, 0.2) is 0 Å². The summed E-state index contributed by atoms with van der Waals surface area (Å²) in [7, 11) is 0. The van der Waals surface area contributed by atoms with Crippen LogP contribution >= 0.6 is 0 Å². The van der Waals surface area contributed by atoms with Crippen LogP contribution in [0.4, 0.5) is 0 Å². The highest BCUT2D eigenvalue weighted by atomic mass is 14.1. The molecule has 2 atom stereocenters. The predicted molar refractivity (Wildman–Crippen MR) is 60.5 cm³/mol. The molecular weight excluding hydrogens is 156 g/mol. The monoisotopic (exact) mass is 180 g/mol. The Kier molecular flexibility index (Phi) is 7.90. The van der Waals surface area contributed by atoms with E-state index in [1.807, 2.05) is 0 Å². The minimum Gasteiger partial charge on any atom is -0.120 e. The third-order valence-electron chi connectivity index (χ3n) is 2.81. The van der Waals surface area contributed by atoms with Gasteiger partial charge in [-0.05, 0) is 18.3 Å². The van der Waals surface area contributed by atoms with Crippen molar-refractivity contribution in [1.82, 2.24) is 0 Å². The summed E-state index contributed by atoms with van der Waals surface area (Å²) in [6.45, 7) is 6.83. The highest BCUT2D eigenvalue weighted by Crippen LogP contribution is 2.21. The van der Waals surface area contributed by atoms with Gasteiger partial charge in [0.05, 0.1) is 0 Å². The molecule has 0 nitrogen and oxygen atoms in total. The Morgan fingerprint density at radius 1 is 1.15 bits per heavy atom. The molecule has 0 amide bonds. The lowest BCUT2D eigenvalue weighted by Gasteiger charge is -2.15. The minimum atomic E-state index is 0.718. The third-order valence-corrected chi connectivity index (χ3v) is 2.81. The quantitative estimate of drug-likeness (QED) is 0.514. The fourth-order valence-corrected chi connectivity index (χ4v) is 1.78. The summed E-state index contributed by atoms with van der Waals surface area (Å²) in [4.78, 5) is 0. The van der Waals surface area contributed by atoms with Crippen molar-refractivity contribution in [3.8, 4) is 12.3 Å². The molecule has 0 bridgehead atoms. The van der Waals surface area contributed by atoms with Crippen LogP contribution in [0.1, 0.15) is 59.3 Å². The number of rotatable bonds is 7. The van der Waals surface area contributed by atoms with Gasteiger partial charge in [-0.15, -0.1) is 12.3 Å². The van der Waals surface area contributed by atoms with Gasteiger partial charge in [-0.25, -0.2) is 0 Å². The summed E-state index contributed by atoms with van der Waals surface area (Å²) in [6.07, 6.45) is 12.9. The molecule has 0 aromatic carbocycles. The van der Waals surface area contributed by atoms with Crippen molar-refractivity contribution in [3.63, 3.8) is 0 Å². The predicted octanol–water partition coefficient (Wildman–Crippen LogP) is 4.25. The first-order valence-corrected chi connectivity index (χ1v) is 5.68. The molecule has 0 aromatic rings. The van der Waals surface area contributed by atoms with E-state index in [1.165, 1.54) is 32.1 Å². The van der Waals surface area contributed by atoms with Gasteiger partial charge < -0.3 is 0 Å². The van der Waals surface area contributed by atoms with Crippen molar-refractivity contribution in [3.05, 3.63) is 0 Å².